The molecule has 4 nitrogen and oxygen atoms in total. The van der Waals surface area contributed by atoms with Crippen LogP contribution < -0.4 is 0 Å². The van der Waals surface area contributed by atoms with Gasteiger partial charge in [0.2, 0.25) is 5.91 Å². The molecule has 0 aliphatic carbocycles. The third kappa shape index (κ3) is 2.75. The normalized spacial score (nSPS) is 22.2. The van der Waals surface area contributed by atoms with Crippen LogP contribution >= 0.6 is 0 Å². The van der Waals surface area contributed by atoms with Gasteiger partial charge >= 0.3 is 0 Å². The molecule has 0 spiro atoms. The average molecular weight is 300 g/mol. The number of hydrogen-bond acceptors (Lipinski definition) is 2. The van der Waals surface area contributed by atoms with Crippen molar-refractivity contribution in [2.75, 3.05) is 13.2 Å². The fourth-order valence-corrected chi connectivity index (χ4v) is 3.49. The third-order valence-electron chi connectivity index (χ3n) is 4.91. The molecule has 4 heteroatoms. The minimum absolute atomic E-state index is 0.165. The number of aliphatic hydroxyl groups is 1. The van der Waals surface area contributed by atoms with Crippen molar-refractivity contribution in [1.29, 1.82) is 0 Å². The van der Waals surface area contributed by atoms with E-state index < -0.39 is 0 Å². The molecular weight excluding hydrogens is 276 g/mol. The minimum atomic E-state index is 0.165. The van der Waals surface area contributed by atoms with E-state index in [2.05, 4.69) is 18.0 Å². The number of aliphatic hydroxyl groups excluding tert-OH is 1. The average Bonchev–Trinajstić information content (AvgIpc) is 2.84. The topological polar surface area (TPSA) is 56.3 Å². The summed E-state index contributed by atoms with van der Waals surface area (Å²) < 4.78 is 0. The van der Waals surface area contributed by atoms with Crippen molar-refractivity contribution in [3.63, 3.8) is 0 Å². The number of H-pyrrole nitrogens is 1. The number of nitrogens with one attached hydrogen (secondary N) is 1. The second-order valence-corrected chi connectivity index (χ2v) is 6.47. The maximum Gasteiger partial charge on any atom is 0.227 e. The zero-order chi connectivity index (χ0) is 15.7. The number of carbonyl (C=O) groups excluding carboxylic acids is 1. The maximum atomic E-state index is 12.8. The highest BCUT2D eigenvalue weighted by atomic mass is 16.3. The van der Waals surface area contributed by atoms with Crippen molar-refractivity contribution < 1.29 is 9.90 Å². The standard InChI is InChI=1S/C18H24N2O2/c1-12-7-8-14(11-21)10-20(12)18(22)9-16-13(2)19-17-6-4-3-5-15(16)17/h3-6,12,14,19,21H,7-11H2,1-2H3. The highest BCUT2D eigenvalue weighted by molar-refractivity contribution is 5.90. The van der Waals surface area contributed by atoms with Crippen LogP contribution in [0.15, 0.2) is 24.3 Å². The van der Waals surface area contributed by atoms with Crippen LogP contribution in [-0.2, 0) is 11.2 Å². The van der Waals surface area contributed by atoms with Gasteiger partial charge < -0.3 is 15.0 Å². The second kappa shape index (κ2) is 6.13. The van der Waals surface area contributed by atoms with E-state index in [9.17, 15) is 9.90 Å². The van der Waals surface area contributed by atoms with Gasteiger partial charge in [-0.2, -0.15) is 0 Å². The SMILES string of the molecule is Cc1[nH]c2ccccc2c1CC(=O)N1CC(CO)CCC1C. The number of benzene rings is 1. The van der Waals surface area contributed by atoms with Crippen molar-refractivity contribution in [1.82, 2.24) is 9.88 Å². The smallest absolute Gasteiger partial charge is 0.227 e. The van der Waals surface area contributed by atoms with Gasteiger partial charge in [-0.05, 0) is 44.2 Å². The molecule has 1 aromatic carbocycles. The zero-order valence-electron chi connectivity index (χ0n) is 13.3. The van der Waals surface area contributed by atoms with Gasteiger partial charge in [0.1, 0.15) is 0 Å². The van der Waals surface area contributed by atoms with Crippen molar-refractivity contribution in [2.24, 2.45) is 5.92 Å². The fraction of sp³-hybridized carbons (Fsp3) is 0.500. The molecule has 2 atom stereocenters. The van der Waals surface area contributed by atoms with Crippen LogP contribution in [0.2, 0.25) is 0 Å². The third-order valence-corrected chi connectivity index (χ3v) is 4.91. The molecular formula is C18H24N2O2. The van der Waals surface area contributed by atoms with Crippen LogP contribution in [0.5, 0.6) is 0 Å². The van der Waals surface area contributed by atoms with Crippen LogP contribution in [0.3, 0.4) is 0 Å². The summed E-state index contributed by atoms with van der Waals surface area (Å²) in [5, 5.41) is 10.5. The highest BCUT2D eigenvalue weighted by Crippen LogP contribution is 2.26. The Balaban J connectivity index is 1.82. The molecule has 0 bridgehead atoms. The Bertz CT molecular complexity index is 677. The van der Waals surface area contributed by atoms with Gasteiger partial charge in [0.05, 0.1) is 6.42 Å². The first-order chi connectivity index (χ1) is 10.6. The van der Waals surface area contributed by atoms with Crippen LogP contribution in [0.1, 0.15) is 31.0 Å². The number of nitrogens with zero attached hydrogens (tertiary/aromatic N) is 1. The highest BCUT2D eigenvalue weighted by Gasteiger charge is 2.29. The van der Waals surface area contributed by atoms with Gasteiger partial charge in [0.15, 0.2) is 0 Å². The lowest BCUT2D eigenvalue weighted by molar-refractivity contribution is -0.135. The zero-order valence-corrected chi connectivity index (χ0v) is 13.3. The summed E-state index contributed by atoms with van der Waals surface area (Å²) in [5.74, 6) is 0.391. The first-order valence-electron chi connectivity index (χ1n) is 8.06. The number of para-hydroxylation sites is 1. The number of likely N-dealkylation sites (tertiary alicyclic amines) is 1. The molecule has 1 aliphatic rings. The first-order valence-corrected chi connectivity index (χ1v) is 8.06. The molecule has 1 fully saturated rings. The second-order valence-electron chi connectivity index (χ2n) is 6.47. The largest absolute Gasteiger partial charge is 0.396 e. The van der Waals surface area contributed by atoms with Gasteiger partial charge in [-0.3, -0.25) is 4.79 Å². The van der Waals surface area contributed by atoms with E-state index in [1.165, 1.54) is 0 Å². The summed E-state index contributed by atoms with van der Waals surface area (Å²) in [4.78, 5) is 18.1. The van der Waals surface area contributed by atoms with Gasteiger partial charge in [0, 0.05) is 35.8 Å². The quantitative estimate of drug-likeness (QED) is 0.915. The minimum Gasteiger partial charge on any atom is -0.396 e. The maximum absolute atomic E-state index is 12.8. The molecule has 1 amide bonds. The lowest BCUT2D eigenvalue weighted by Crippen LogP contribution is -2.47. The summed E-state index contributed by atoms with van der Waals surface area (Å²) in [7, 11) is 0. The van der Waals surface area contributed by atoms with Gasteiger partial charge in [-0.1, -0.05) is 18.2 Å². The van der Waals surface area contributed by atoms with Crippen LogP contribution in [0.4, 0.5) is 0 Å². The van der Waals surface area contributed by atoms with E-state index >= 15 is 0 Å². The fourth-order valence-electron chi connectivity index (χ4n) is 3.49. The number of aromatic nitrogens is 1. The molecule has 2 aromatic rings. The molecule has 0 radical (unpaired) electrons. The molecule has 1 saturated heterocycles. The number of fused-ring (bicyclic) bond motifs is 1. The number of aryl methyl sites for hydroxylation is 1. The van der Waals surface area contributed by atoms with E-state index in [1.54, 1.807) is 0 Å². The molecule has 2 heterocycles. The van der Waals surface area contributed by atoms with Crippen molar-refractivity contribution >= 4 is 16.8 Å². The molecule has 1 aliphatic heterocycles. The van der Waals surface area contributed by atoms with Gasteiger partial charge in [0.25, 0.3) is 0 Å². The van der Waals surface area contributed by atoms with E-state index in [-0.39, 0.29) is 24.5 Å². The number of aromatic amines is 1. The van der Waals surface area contributed by atoms with Gasteiger partial charge in [-0.25, -0.2) is 0 Å². The molecule has 118 valence electrons. The Morgan fingerprint density at radius 3 is 2.91 bits per heavy atom. The van der Waals surface area contributed by atoms with Gasteiger partial charge in [-0.15, -0.1) is 0 Å². The molecule has 2 unspecified atom stereocenters. The lowest BCUT2D eigenvalue weighted by atomic mass is 9.93. The van der Waals surface area contributed by atoms with Crippen LogP contribution in [0.25, 0.3) is 10.9 Å². The number of amides is 1. The number of rotatable bonds is 3. The monoisotopic (exact) mass is 300 g/mol. The molecule has 2 N–H and O–H groups in total. The Morgan fingerprint density at radius 1 is 1.36 bits per heavy atom. The van der Waals surface area contributed by atoms with E-state index in [4.69, 9.17) is 0 Å². The summed E-state index contributed by atoms with van der Waals surface area (Å²) in [6.45, 7) is 4.98. The van der Waals surface area contributed by atoms with E-state index in [0.29, 0.717) is 13.0 Å². The lowest BCUT2D eigenvalue weighted by Gasteiger charge is -2.37. The van der Waals surface area contributed by atoms with E-state index in [1.807, 2.05) is 30.0 Å². The summed E-state index contributed by atoms with van der Waals surface area (Å²) >= 11 is 0. The van der Waals surface area contributed by atoms with E-state index in [0.717, 1.165) is 35.0 Å². The molecule has 1 aromatic heterocycles. The summed E-state index contributed by atoms with van der Waals surface area (Å²) in [6, 6.07) is 8.39. The predicted molar refractivity (Wildman–Crippen MR) is 87.7 cm³/mol. The molecule has 3 rings (SSSR count). The summed E-state index contributed by atoms with van der Waals surface area (Å²) in [6.07, 6.45) is 2.41. The Labute approximate surface area is 131 Å². The van der Waals surface area contributed by atoms with Crippen LogP contribution in [-0.4, -0.2) is 40.1 Å². The number of carbonyl (C=O) groups is 1. The Morgan fingerprint density at radius 2 is 2.14 bits per heavy atom. The Kier molecular flexibility index (Phi) is 4.21. The van der Waals surface area contributed by atoms with Crippen molar-refractivity contribution in [3.8, 4) is 0 Å². The molecule has 0 saturated carbocycles. The first kappa shape index (κ1) is 15.1. The van der Waals surface area contributed by atoms with Crippen LogP contribution in [0, 0.1) is 12.8 Å². The van der Waals surface area contributed by atoms with Crippen molar-refractivity contribution in [2.45, 2.75) is 39.2 Å². The van der Waals surface area contributed by atoms with Crippen molar-refractivity contribution in [3.05, 3.63) is 35.5 Å². The predicted octanol–water partition coefficient (Wildman–Crippen LogP) is 2.64. The number of piperidine rings is 1. The Hall–Kier alpha value is -1.81. The number of hydrogen-bond donors (Lipinski definition) is 2. The summed E-state index contributed by atoms with van der Waals surface area (Å²) in [5.41, 5.74) is 3.25. The molecule has 22 heavy (non-hydrogen) atoms.